The van der Waals surface area contributed by atoms with Crippen LogP contribution in [0, 0.1) is 12.7 Å². The minimum atomic E-state index is -0.348. The topological polar surface area (TPSA) is 49.7 Å². The van der Waals surface area contributed by atoms with E-state index in [4.69, 9.17) is 16.7 Å². The molecule has 0 fully saturated rings. The first-order valence-electron chi connectivity index (χ1n) is 12.8. The lowest BCUT2D eigenvalue weighted by atomic mass is 9.97. The maximum absolute atomic E-state index is 16.0. The minimum Gasteiger partial charge on any atom is -0.360 e. The second-order valence-electron chi connectivity index (χ2n) is 9.66. The number of hydrogen-bond donors (Lipinski definition) is 1. The molecule has 188 valence electrons. The number of H-pyrrole nitrogens is 1. The Morgan fingerprint density at radius 3 is 2.57 bits per heavy atom. The van der Waals surface area contributed by atoms with Crippen LogP contribution in [0.4, 0.5) is 10.2 Å². The number of aryl methyl sites for hydroxylation is 3. The highest BCUT2D eigenvalue weighted by molar-refractivity contribution is 6.35. The molecule has 1 aliphatic rings. The van der Waals surface area contributed by atoms with Gasteiger partial charge in [0.15, 0.2) is 0 Å². The minimum absolute atomic E-state index is 0.348. The summed E-state index contributed by atoms with van der Waals surface area (Å²) in [7, 11) is 0. The van der Waals surface area contributed by atoms with Crippen LogP contribution in [0.3, 0.4) is 0 Å². The Morgan fingerprint density at radius 2 is 1.86 bits per heavy atom. The third-order valence-corrected chi connectivity index (χ3v) is 7.71. The van der Waals surface area contributed by atoms with Crippen LogP contribution in [0.25, 0.3) is 27.8 Å². The molecule has 0 aliphatic carbocycles. The summed E-state index contributed by atoms with van der Waals surface area (Å²) in [5.41, 5.74) is 8.64. The molecule has 0 bridgehead atoms. The maximum Gasteiger partial charge on any atom is 0.134 e. The van der Waals surface area contributed by atoms with Crippen LogP contribution < -0.4 is 4.90 Å². The number of halogens is 2. The Morgan fingerprint density at radius 1 is 1.08 bits per heavy atom. The highest BCUT2D eigenvalue weighted by atomic mass is 35.5. The van der Waals surface area contributed by atoms with Gasteiger partial charge in [0.2, 0.25) is 0 Å². The summed E-state index contributed by atoms with van der Waals surface area (Å²) in [5.74, 6) is 0.570. The summed E-state index contributed by atoms with van der Waals surface area (Å²) in [4.78, 5) is 10.1. The van der Waals surface area contributed by atoms with Crippen molar-refractivity contribution in [2.75, 3.05) is 11.4 Å². The Balaban J connectivity index is 1.64. The van der Waals surface area contributed by atoms with Crippen LogP contribution >= 0.6 is 11.6 Å². The maximum atomic E-state index is 16.0. The molecule has 3 aromatic heterocycles. The standard InChI is InChI=1S/C30H29ClFN5/c1-4-19-7-6-8-20(5-2)29(19)37-30(27-21-11-13-33-28(21)23(31)15-24(27)32)22-17-36(14-12-25(22)35-37)26-10-9-18(3)16-34-26/h6-11,13,15-16,33H,4-5,12,14,17H2,1-3H3. The molecule has 37 heavy (non-hydrogen) atoms. The van der Waals surface area contributed by atoms with Gasteiger partial charge >= 0.3 is 0 Å². The van der Waals surface area contributed by atoms with Gasteiger partial charge in [-0.3, -0.25) is 0 Å². The lowest BCUT2D eigenvalue weighted by molar-refractivity contribution is 0.631. The van der Waals surface area contributed by atoms with Gasteiger partial charge in [0.25, 0.3) is 0 Å². The van der Waals surface area contributed by atoms with Crippen LogP contribution in [-0.2, 0) is 25.8 Å². The number of nitrogens with zero attached hydrogens (tertiary/aromatic N) is 4. The molecule has 0 radical (unpaired) electrons. The fourth-order valence-electron chi connectivity index (χ4n) is 5.52. The van der Waals surface area contributed by atoms with E-state index in [2.05, 4.69) is 59.0 Å². The summed E-state index contributed by atoms with van der Waals surface area (Å²) in [5, 5.41) is 6.30. The molecule has 6 rings (SSSR count). The Kier molecular flexibility index (Phi) is 6.00. The molecule has 0 unspecified atom stereocenters. The summed E-state index contributed by atoms with van der Waals surface area (Å²) in [6, 6.07) is 13.8. The van der Waals surface area contributed by atoms with Gasteiger partial charge < -0.3 is 9.88 Å². The van der Waals surface area contributed by atoms with Gasteiger partial charge in [-0.1, -0.05) is 49.7 Å². The summed E-state index contributed by atoms with van der Waals surface area (Å²) < 4.78 is 18.0. The van der Waals surface area contributed by atoms with Crippen molar-refractivity contribution in [2.24, 2.45) is 0 Å². The van der Waals surface area contributed by atoms with E-state index in [1.807, 2.05) is 30.1 Å². The van der Waals surface area contributed by atoms with Crippen molar-refractivity contribution in [3.8, 4) is 16.9 Å². The van der Waals surface area contributed by atoms with Gasteiger partial charge in [-0.15, -0.1) is 0 Å². The third kappa shape index (κ3) is 3.91. The van der Waals surface area contributed by atoms with Crippen molar-refractivity contribution in [1.82, 2.24) is 19.7 Å². The van der Waals surface area contributed by atoms with E-state index in [0.717, 1.165) is 70.7 Å². The lowest BCUT2D eigenvalue weighted by Gasteiger charge is -2.28. The van der Waals surface area contributed by atoms with Crippen LogP contribution in [0.2, 0.25) is 5.02 Å². The smallest absolute Gasteiger partial charge is 0.134 e. The number of nitrogens with one attached hydrogen (secondary N) is 1. The molecule has 2 aromatic carbocycles. The summed E-state index contributed by atoms with van der Waals surface area (Å²) in [6.07, 6.45) is 6.17. The second-order valence-corrected chi connectivity index (χ2v) is 10.1. The van der Waals surface area contributed by atoms with Crippen LogP contribution in [0.15, 0.2) is 54.9 Å². The fourth-order valence-corrected chi connectivity index (χ4v) is 5.77. The highest BCUT2D eigenvalue weighted by Gasteiger charge is 2.31. The number of hydrogen-bond acceptors (Lipinski definition) is 3. The van der Waals surface area contributed by atoms with E-state index in [9.17, 15) is 0 Å². The van der Waals surface area contributed by atoms with Gasteiger partial charge in [0.05, 0.1) is 27.6 Å². The quantitative estimate of drug-likeness (QED) is 0.270. The van der Waals surface area contributed by atoms with Crippen LogP contribution in [0.1, 0.15) is 41.8 Å². The first-order chi connectivity index (χ1) is 18.0. The number of rotatable bonds is 5. The highest BCUT2D eigenvalue weighted by Crippen LogP contribution is 2.41. The lowest BCUT2D eigenvalue weighted by Crippen LogP contribution is -2.30. The predicted octanol–water partition coefficient (Wildman–Crippen LogP) is 7.20. The molecule has 0 atom stereocenters. The Bertz CT molecular complexity index is 1590. The van der Waals surface area contributed by atoms with E-state index in [1.165, 1.54) is 17.2 Å². The molecule has 5 nitrogen and oxygen atoms in total. The number of pyridine rings is 1. The van der Waals surface area contributed by atoms with Gasteiger partial charge in [-0.05, 0) is 54.7 Å². The normalized spacial score (nSPS) is 13.4. The van der Waals surface area contributed by atoms with E-state index < -0.39 is 0 Å². The average molecular weight is 514 g/mol. The number of aromatic amines is 1. The summed E-state index contributed by atoms with van der Waals surface area (Å²) in [6.45, 7) is 7.75. The molecule has 0 saturated carbocycles. The van der Waals surface area contributed by atoms with E-state index in [-0.39, 0.29) is 5.82 Å². The average Bonchev–Trinajstić information content (AvgIpc) is 3.54. The molecule has 0 saturated heterocycles. The van der Waals surface area contributed by atoms with Crippen molar-refractivity contribution < 1.29 is 4.39 Å². The van der Waals surface area contributed by atoms with Gasteiger partial charge in [-0.2, -0.15) is 5.10 Å². The van der Waals surface area contributed by atoms with Gasteiger partial charge in [-0.25, -0.2) is 14.1 Å². The van der Waals surface area contributed by atoms with Crippen molar-refractivity contribution in [2.45, 2.75) is 46.6 Å². The van der Waals surface area contributed by atoms with E-state index in [1.54, 1.807) is 0 Å². The number of anilines is 1. The first-order valence-corrected chi connectivity index (χ1v) is 13.2. The van der Waals surface area contributed by atoms with E-state index in [0.29, 0.717) is 17.1 Å². The summed E-state index contributed by atoms with van der Waals surface area (Å²) >= 11 is 6.44. The molecule has 1 aliphatic heterocycles. The second kappa shape index (κ2) is 9.34. The van der Waals surface area contributed by atoms with Crippen molar-refractivity contribution in [3.05, 3.63) is 93.6 Å². The monoisotopic (exact) mass is 513 g/mol. The van der Waals surface area contributed by atoms with Crippen molar-refractivity contribution >= 4 is 28.3 Å². The van der Waals surface area contributed by atoms with Crippen molar-refractivity contribution in [3.63, 3.8) is 0 Å². The molecule has 0 amide bonds. The zero-order chi connectivity index (χ0) is 25.7. The first kappa shape index (κ1) is 23.7. The number of fused-ring (bicyclic) bond motifs is 2. The molecular weight excluding hydrogens is 485 g/mol. The zero-order valence-electron chi connectivity index (χ0n) is 21.3. The molecule has 5 aromatic rings. The number of aromatic nitrogens is 4. The van der Waals surface area contributed by atoms with Gasteiger partial charge in [0, 0.05) is 48.4 Å². The molecule has 0 spiro atoms. The third-order valence-electron chi connectivity index (χ3n) is 7.41. The van der Waals surface area contributed by atoms with Crippen molar-refractivity contribution in [1.29, 1.82) is 0 Å². The molecular formula is C30H29ClFN5. The molecule has 1 N–H and O–H groups in total. The number of benzene rings is 2. The SMILES string of the molecule is CCc1cccc(CC)c1-n1nc2c(c1-c1c(F)cc(Cl)c3[nH]ccc13)CN(c1ccc(C)cn1)CC2. The largest absolute Gasteiger partial charge is 0.360 e. The molecule has 4 heterocycles. The Hall–Kier alpha value is -3.64. The predicted molar refractivity (Wildman–Crippen MR) is 148 cm³/mol. The van der Waals surface area contributed by atoms with Crippen LogP contribution in [0.5, 0.6) is 0 Å². The Labute approximate surface area is 220 Å². The molecule has 7 heteroatoms. The zero-order valence-corrected chi connectivity index (χ0v) is 22.0. The fraction of sp³-hybridized carbons (Fsp3) is 0.267. The van der Waals surface area contributed by atoms with Crippen LogP contribution in [-0.4, -0.2) is 26.3 Å². The van der Waals surface area contributed by atoms with E-state index >= 15 is 4.39 Å². The van der Waals surface area contributed by atoms with Gasteiger partial charge in [0.1, 0.15) is 11.6 Å². The number of para-hydroxylation sites is 1.